The van der Waals surface area contributed by atoms with E-state index in [1.807, 2.05) is 25.6 Å². The van der Waals surface area contributed by atoms with Gasteiger partial charge in [0.2, 0.25) is 5.89 Å². The first-order chi connectivity index (χ1) is 8.67. The number of amidine groups is 1. The summed E-state index contributed by atoms with van der Waals surface area (Å²) in [5, 5.41) is 4.67. The van der Waals surface area contributed by atoms with E-state index in [2.05, 4.69) is 10.3 Å². The van der Waals surface area contributed by atoms with Crippen LogP contribution in [0.1, 0.15) is 50.3 Å². The van der Waals surface area contributed by atoms with E-state index < -0.39 is 0 Å². The Kier molecular flexibility index (Phi) is 3.09. The molecule has 1 aliphatic carbocycles. The number of nitrogens with one attached hydrogen (secondary N) is 1. The number of aryl methyl sites for hydroxylation is 1. The van der Waals surface area contributed by atoms with Crippen molar-refractivity contribution < 1.29 is 4.42 Å². The highest BCUT2D eigenvalue weighted by Gasteiger charge is 2.39. The summed E-state index contributed by atoms with van der Waals surface area (Å²) in [5.74, 6) is 2.70. The lowest BCUT2D eigenvalue weighted by molar-refractivity contribution is 0.438. The van der Waals surface area contributed by atoms with Crippen molar-refractivity contribution in [2.45, 2.75) is 51.1 Å². The Morgan fingerprint density at radius 2 is 2.28 bits per heavy atom. The summed E-state index contributed by atoms with van der Waals surface area (Å²) in [6.45, 7) is 3.94. The van der Waals surface area contributed by atoms with Crippen molar-refractivity contribution in [3.63, 3.8) is 0 Å². The Bertz CT molecular complexity index is 463. The summed E-state index contributed by atoms with van der Waals surface area (Å²) in [5.41, 5.74) is 0.329. The summed E-state index contributed by atoms with van der Waals surface area (Å²) in [6, 6.07) is -0.00902. The quantitative estimate of drug-likeness (QED) is 0.893. The lowest BCUT2D eigenvalue weighted by Crippen LogP contribution is -2.40. The molecule has 2 heterocycles. The van der Waals surface area contributed by atoms with Crippen molar-refractivity contribution in [3.05, 3.63) is 17.8 Å². The first-order valence-corrected chi connectivity index (χ1v) is 7.57. The van der Waals surface area contributed by atoms with Gasteiger partial charge >= 0.3 is 0 Å². The lowest BCUT2D eigenvalue weighted by Gasteiger charge is -2.21. The number of hydrogen-bond acceptors (Lipinski definition) is 4. The largest absolute Gasteiger partial charge is 0.444 e. The van der Waals surface area contributed by atoms with E-state index in [1.54, 1.807) is 6.20 Å². The molecule has 0 amide bonds. The van der Waals surface area contributed by atoms with Crippen LogP contribution in [0.3, 0.4) is 0 Å². The summed E-state index contributed by atoms with van der Waals surface area (Å²) in [7, 11) is 0. The van der Waals surface area contributed by atoms with Gasteiger partial charge in [0.25, 0.3) is 0 Å². The van der Waals surface area contributed by atoms with Gasteiger partial charge in [0.15, 0.2) is 5.17 Å². The first-order valence-electron chi connectivity index (χ1n) is 6.58. The molecule has 18 heavy (non-hydrogen) atoms. The summed E-state index contributed by atoms with van der Waals surface area (Å²) in [4.78, 5) is 8.93. The number of oxazole rings is 1. The van der Waals surface area contributed by atoms with E-state index in [1.165, 1.54) is 25.7 Å². The molecule has 98 valence electrons. The van der Waals surface area contributed by atoms with E-state index in [0.717, 1.165) is 16.7 Å². The molecule has 0 radical (unpaired) electrons. The van der Waals surface area contributed by atoms with Crippen molar-refractivity contribution in [2.75, 3.05) is 5.75 Å². The average Bonchev–Trinajstić information content (AvgIpc) is 3.03. The maximum absolute atomic E-state index is 5.52. The van der Waals surface area contributed by atoms with Crippen LogP contribution in [0.2, 0.25) is 0 Å². The van der Waals surface area contributed by atoms with Crippen LogP contribution in [0.25, 0.3) is 0 Å². The molecule has 1 aromatic rings. The highest BCUT2D eigenvalue weighted by Crippen LogP contribution is 2.38. The standard InChI is InChI=1S/C13H19N3OS/c1-9-7-14-11(17-9)10(2)15-12-16-13(8-18-12)5-3-4-6-13/h7,10H,3-6,8H2,1-2H3,(H,15,16). The minimum atomic E-state index is -0.00902. The molecule has 3 rings (SSSR count). The normalized spacial score (nSPS) is 25.8. The minimum absolute atomic E-state index is 0.00902. The Labute approximate surface area is 112 Å². The molecule has 2 fully saturated rings. The summed E-state index contributed by atoms with van der Waals surface area (Å²) < 4.78 is 5.52. The maximum atomic E-state index is 5.52. The van der Waals surface area contributed by atoms with Crippen molar-refractivity contribution in [2.24, 2.45) is 4.99 Å². The lowest BCUT2D eigenvalue weighted by atomic mass is 10.0. The number of rotatable bonds is 2. The molecule has 2 aliphatic rings. The van der Waals surface area contributed by atoms with Crippen molar-refractivity contribution >= 4 is 16.9 Å². The zero-order chi connectivity index (χ0) is 12.6. The molecule has 4 nitrogen and oxygen atoms in total. The molecule has 5 heteroatoms. The predicted molar refractivity (Wildman–Crippen MR) is 73.9 cm³/mol. The second kappa shape index (κ2) is 4.61. The van der Waals surface area contributed by atoms with E-state index in [4.69, 9.17) is 9.41 Å². The average molecular weight is 265 g/mol. The highest BCUT2D eigenvalue weighted by molar-refractivity contribution is 8.14. The van der Waals surface area contributed by atoms with Crippen LogP contribution in [-0.4, -0.2) is 21.4 Å². The Hall–Kier alpha value is -0.970. The first kappa shape index (κ1) is 12.1. The second-order valence-corrected chi connectivity index (χ2v) is 6.28. The van der Waals surface area contributed by atoms with Crippen LogP contribution >= 0.6 is 11.8 Å². The van der Waals surface area contributed by atoms with Crippen molar-refractivity contribution in [3.8, 4) is 0 Å². The molecule has 0 aromatic carbocycles. The molecule has 1 unspecified atom stereocenters. The zero-order valence-electron chi connectivity index (χ0n) is 10.9. The van der Waals surface area contributed by atoms with Crippen LogP contribution in [0, 0.1) is 6.92 Å². The van der Waals surface area contributed by atoms with Crippen LogP contribution < -0.4 is 5.32 Å². The van der Waals surface area contributed by atoms with Crippen molar-refractivity contribution in [1.29, 1.82) is 0 Å². The fourth-order valence-corrected chi connectivity index (χ4v) is 3.99. The van der Waals surface area contributed by atoms with Crippen LogP contribution in [0.4, 0.5) is 0 Å². The molecule has 0 bridgehead atoms. The molecular weight excluding hydrogens is 246 g/mol. The van der Waals surface area contributed by atoms with Gasteiger partial charge < -0.3 is 9.73 Å². The third-order valence-corrected chi connectivity index (χ3v) is 4.90. The molecule has 1 saturated carbocycles. The van der Waals surface area contributed by atoms with E-state index >= 15 is 0 Å². The molecule has 1 atom stereocenters. The van der Waals surface area contributed by atoms with Gasteiger partial charge in [0.1, 0.15) is 11.8 Å². The second-order valence-electron chi connectivity index (χ2n) is 5.32. The van der Waals surface area contributed by atoms with Gasteiger partial charge in [-0.25, -0.2) is 9.98 Å². The number of thioether (sulfide) groups is 1. The van der Waals surface area contributed by atoms with Gasteiger partial charge in [-0.05, 0) is 26.7 Å². The molecule has 1 saturated heterocycles. The number of aromatic nitrogens is 1. The van der Waals surface area contributed by atoms with E-state index in [-0.39, 0.29) is 6.04 Å². The predicted octanol–water partition coefficient (Wildman–Crippen LogP) is 3.05. The molecular formula is C13H19N3OS. The van der Waals surface area contributed by atoms with Gasteiger partial charge in [-0.3, -0.25) is 0 Å². The third-order valence-electron chi connectivity index (χ3n) is 3.73. The number of aliphatic imine (C=N–C) groups is 1. The van der Waals surface area contributed by atoms with Crippen LogP contribution in [0.15, 0.2) is 15.6 Å². The molecule has 1 aliphatic heterocycles. The van der Waals surface area contributed by atoms with Crippen LogP contribution in [0.5, 0.6) is 0 Å². The highest BCUT2D eigenvalue weighted by atomic mass is 32.2. The third kappa shape index (κ3) is 2.28. The fraction of sp³-hybridized carbons (Fsp3) is 0.692. The van der Waals surface area contributed by atoms with E-state index in [0.29, 0.717) is 11.4 Å². The number of hydrogen-bond donors (Lipinski definition) is 1. The topological polar surface area (TPSA) is 50.4 Å². The van der Waals surface area contributed by atoms with Gasteiger partial charge in [0.05, 0.1) is 6.20 Å². The fourth-order valence-electron chi connectivity index (χ4n) is 2.69. The molecule has 1 N–H and O–H groups in total. The molecule has 1 spiro atoms. The van der Waals surface area contributed by atoms with Crippen LogP contribution in [-0.2, 0) is 0 Å². The maximum Gasteiger partial charge on any atom is 0.218 e. The van der Waals surface area contributed by atoms with Gasteiger partial charge in [-0.2, -0.15) is 0 Å². The Balaban J connectivity index is 1.70. The summed E-state index contributed by atoms with van der Waals surface area (Å²) >= 11 is 1.84. The van der Waals surface area contributed by atoms with Crippen molar-refractivity contribution in [1.82, 2.24) is 10.3 Å². The van der Waals surface area contributed by atoms with Gasteiger partial charge in [-0.15, -0.1) is 0 Å². The monoisotopic (exact) mass is 265 g/mol. The summed E-state index contributed by atoms with van der Waals surface area (Å²) in [6.07, 6.45) is 7.00. The smallest absolute Gasteiger partial charge is 0.218 e. The Morgan fingerprint density at radius 1 is 1.50 bits per heavy atom. The van der Waals surface area contributed by atoms with Gasteiger partial charge in [-0.1, -0.05) is 24.6 Å². The minimum Gasteiger partial charge on any atom is -0.444 e. The zero-order valence-corrected chi connectivity index (χ0v) is 11.7. The van der Waals surface area contributed by atoms with Gasteiger partial charge in [0, 0.05) is 11.3 Å². The SMILES string of the molecule is Cc1cnc(C(C)N=C2NC3(CCCC3)CS2)o1. The Morgan fingerprint density at radius 3 is 2.94 bits per heavy atom. The molecule has 1 aromatic heterocycles. The van der Waals surface area contributed by atoms with E-state index in [9.17, 15) is 0 Å². The number of nitrogens with zero attached hydrogens (tertiary/aromatic N) is 2.